The van der Waals surface area contributed by atoms with Crippen LogP contribution in [0.15, 0.2) is 53.3 Å². The van der Waals surface area contributed by atoms with Gasteiger partial charge in [-0.2, -0.15) is 10.4 Å². The Bertz CT molecular complexity index is 1220. The lowest BCUT2D eigenvalue weighted by molar-refractivity contribution is 0.0760. The van der Waals surface area contributed by atoms with E-state index in [4.69, 9.17) is 5.26 Å². The molecule has 0 spiro atoms. The van der Waals surface area contributed by atoms with Gasteiger partial charge in [0.2, 0.25) is 0 Å². The van der Waals surface area contributed by atoms with Crippen LogP contribution in [0, 0.1) is 17.2 Å². The van der Waals surface area contributed by atoms with E-state index < -0.39 is 0 Å². The summed E-state index contributed by atoms with van der Waals surface area (Å²) < 4.78 is 1.43. The minimum Gasteiger partial charge on any atom is -0.370 e. The van der Waals surface area contributed by atoms with Gasteiger partial charge in [0.1, 0.15) is 0 Å². The minimum atomic E-state index is -0.159. The average Bonchev–Trinajstić information content (AvgIpc) is 3.07. The summed E-state index contributed by atoms with van der Waals surface area (Å²) in [5.41, 5.74) is 1.86. The summed E-state index contributed by atoms with van der Waals surface area (Å²) in [6.45, 7) is 7.24. The van der Waals surface area contributed by atoms with Gasteiger partial charge in [0.05, 0.1) is 17.0 Å². The Kier molecular flexibility index (Phi) is 6.22. The topological polar surface area (TPSA) is 82.2 Å². The van der Waals surface area contributed by atoms with Gasteiger partial charge < -0.3 is 9.80 Å². The van der Waals surface area contributed by atoms with E-state index in [0.29, 0.717) is 48.2 Å². The maximum atomic E-state index is 13.5. The highest BCUT2D eigenvalue weighted by molar-refractivity contribution is 6.04. The van der Waals surface area contributed by atoms with Crippen molar-refractivity contribution < 1.29 is 4.79 Å². The number of nitrogens with zero attached hydrogens (tertiary/aromatic N) is 5. The van der Waals surface area contributed by atoms with Gasteiger partial charge >= 0.3 is 0 Å². The number of amides is 1. The summed E-state index contributed by atoms with van der Waals surface area (Å²) in [7, 11) is 0. The Hall–Kier alpha value is -3.66. The molecular formula is C25H27N5O2. The number of hydrogen-bond donors (Lipinski definition) is 0. The predicted molar refractivity (Wildman–Crippen MR) is 125 cm³/mol. The molecule has 2 aromatic carbocycles. The van der Waals surface area contributed by atoms with Gasteiger partial charge in [-0.3, -0.25) is 9.59 Å². The van der Waals surface area contributed by atoms with Gasteiger partial charge in [-0.1, -0.05) is 32.0 Å². The minimum absolute atomic E-state index is 0.139. The Morgan fingerprint density at radius 1 is 1.03 bits per heavy atom. The van der Waals surface area contributed by atoms with Crippen LogP contribution in [0.25, 0.3) is 10.8 Å². The first kappa shape index (κ1) is 21.6. The highest BCUT2D eigenvalue weighted by atomic mass is 16.2. The quantitative estimate of drug-likeness (QED) is 0.636. The molecule has 0 bridgehead atoms. The molecule has 1 saturated heterocycles. The fourth-order valence-electron chi connectivity index (χ4n) is 4.14. The number of anilines is 1. The van der Waals surface area contributed by atoms with Crippen LogP contribution >= 0.6 is 0 Å². The standard InChI is InChI=1S/C25H27N5O2/c1-18(2)17-30-24(31)22-7-4-3-6-21(22)23(27-30)25(32)29-13-5-12-28(14-15-29)20-10-8-19(16-26)9-11-20/h3-4,6-11,18H,5,12-15,17H2,1-2H3. The third-order valence-electron chi connectivity index (χ3n) is 5.75. The zero-order valence-corrected chi connectivity index (χ0v) is 18.5. The molecule has 0 N–H and O–H groups in total. The second kappa shape index (κ2) is 9.23. The summed E-state index contributed by atoms with van der Waals surface area (Å²) >= 11 is 0. The number of nitriles is 1. The second-order valence-electron chi connectivity index (χ2n) is 8.57. The second-order valence-corrected chi connectivity index (χ2v) is 8.57. The van der Waals surface area contributed by atoms with Crippen LogP contribution in [-0.2, 0) is 6.54 Å². The zero-order chi connectivity index (χ0) is 22.7. The van der Waals surface area contributed by atoms with E-state index in [1.807, 2.05) is 55.1 Å². The third kappa shape index (κ3) is 4.35. The molecule has 1 aliphatic heterocycles. The number of hydrogen-bond acceptors (Lipinski definition) is 5. The average molecular weight is 430 g/mol. The van der Waals surface area contributed by atoms with E-state index in [9.17, 15) is 9.59 Å². The van der Waals surface area contributed by atoms with Crippen molar-refractivity contribution >= 4 is 22.4 Å². The first-order valence-corrected chi connectivity index (χ1v) is 11.0. The maximum absolute atomic E-state index is 13.5. The van der Waals surface area contributed by atoms with E-state index >= 15 is 0 Å². The van der Waals surface area contributed by atoms with E-state index in [-0.39, 0.29) is 17.4 Å². The van der Waals surface area contributed by atoms with Gasteiger partial charge in [0.15, 0.2) is 5.69 Å². The first-order chi connectivity index (χ1) is 15.5. The molecule has 1 aromatic heterocycles. The van der Waals surface area contributed by atoms with Crippen molar-refractivity contribution in [2.45, 2.75) is 26.8 Å². The third-order valence-corrected chi connectivity index (χ3v) is 5.75. The fraction of sp³-hybridized carbons (Fsp3) is 0.360. The van der Waals surface area contributed by atoms with Gasteiger partial charge in [-0.15, -0.1) is 0 Å². The van der Waals surface area contributed by atoms with Crippen molar-refractivity contribution in [1.82, 2.24) is 14.7 Å². The van der Waals surface area contributed by atoms with Crippen LogP contribution in [-0.4, -0.2) is 46.8 Å². The number of carbonyl (C=O) groups excluding carboxylic acids is 1. The SMILES string of the molecule is CC(C)Cn1nc(C(=O)N2CCCN(c3ccc(C#N)cc3)CC2)c2ccccc2c1=O. The lowest BCUT2D eigenvalue weighted by Gasteiger charge is -2.24. The van der Waals surface area contributed by atoms with Crippen LogP contribution < -0.4 is 10.5 Å². The predicted octanol–water partition coefficient (Wildman–Crippen LogP) is 3.28. The Labute approximate surface area is 187 Å². The fourth-order valence-corrected chi connectivity index (χ4v) is 4.14. The summed E-state index contributed by atoms with van der Waals surface area (Å²) in [4.78, 5) is 30.5. The lowest BCUT2D eigenvalue weighted by Crippen LogP contribution is -2.37. The molecule has 0 atom stereocenters. The van der Waals surface area contributed by atoms with Crippen molar-refractivity contribution in [2.24, 2.45) is 5.92 Å². The Balaban J connectivity index is 1.61. The molecule has 1 aliphatic rings. The molecule has 4 rings (SSSR count). The van der Waals surface area contributed by atoms with Crippen molar-refractivity contribution in [3.05, 3.63) is 70.1 Å². The number of fused-ring (bicyclic) bond motifs is 1. The van der Waals surface area contributed by atoms with Crippen LogP contribution in [0.1, 0.15) is 36.3 Å². The monoisotopic (exact) mass is 429 g/mol. The Morgan fingerprint density at radius 2 is 1.75 bits per heavy atom. The highest BCUT2D eigenvalue weighted by Gasteiger charge is 2.25. The number of benzene rings is 2. The van der Waals surface area contributed by atoms with Crippen LogP contribution in [0.3, 0.4) is 0 Å². The van der Waals surface area contributed by atoms with Crippen LogP contribution in [0.4, 0.5) is 5.69 Å². The van der Waals surface area contributed by atoms with Gasteiger partial charge in [0.25, 0.3) is 11.5 Å². The number of rotatable bonds is 4. The van der Waals surface area contributed by atoms with Crippen LogP contribution in [0.5, 0.6) is 0 Å². The van der Waals surface area contributed by atoms with Crippen LogP contribution in [0.2, 0.25) is 0 Å². The molecule has 7 nitrogen and oxygen atoms in total. The van der Waals surface area contributed by atoms with Crippen molar-refractivity contribution in [3.8, 4) is 6.07 Å². The Morgan fingerprint density at radius 3 is 2.44 bits per heavy atom. The molecule has 0 unspecified atom stereocenters. The van der Waals surface area contributed by atoms with Gasteiger partial charge in [-0.25, -0.2) is 4.68 Å². The molecule has 1 fully saturated rings. The van der Waals surface area contributed by atoms with Crippen molar-refractivity contribution in [2.75, 3.05) is 31.1 Å². The molecule has 7 heteroatoms. The van der Waals surface area contributed by atoms with Crippen molar-refractivity contribution in [1.29, 1.82) is 5.26 Å². The molecule has 0 radical (unpaired) electrons. The summed E-state index contributed by atoms with van der Waals surface area (Å²) in [6.07, 6.45) is 0.829. The van der Waals surface area contributed by atoms with E-state index in [2.05, 4.69) is 16.1 Å². The van der Waals surface area contributed by atoms with E-state index in [0.717, 1.165) is 18.7 Å². The summed E-state index contributed by atoms with van der Waals surface area (Å²) in [5.74, 6) is 0.101. The number of carbonyl (C=O) groups is 1. The molecule has 3 aromatic rings. The lowest BCUT2D eigenvalue weighted by atomic mass is 10.1. The smallest absolute Gasteiger partial charge is 0.275 e. The first-order valence-electron chi connectivity index (χ1n) is 11.0. The largest absolute Gasteiger partial charge is 0.370 e. The molecule has 2 heterocycles. The molecule has 164 valence electrons. The van der Waals surface area contributed by atoms with Crippen molar-refractivity contribution in [3.63, 3.8) is 0 Å². The molecule has 32 heavy (non-hydrogen) atoms. The molecule has 0 saturated carbocycles. The highest BCUT2D eigenvalue weighted by Crippen LogP contribution is 2.20. The summed E-state index contributed by atoms with van der Waals surface area (Å²) in [5, 5.41) is 14.7. The van der Waals surface area contributed by atoms with Gasteiger partial charge in [0, 0.05) is 43.8 Å². The molecule has 1 amide bonds. The van der Waals surface area contributed by atoms with Gasteiger partial charge in [-0.05, 0) is 42.7 Å². The molecule has 0 aliphatic carbocycles. The normalized spacial score (nSPS) is 14.4. The van der Waals surface area contributed by atoms with E-state index in [1.165, 1.54) is 4.68 Å². The number of aromatic nitrogens is 2. The zero-order valence-electron chi connectivity index (χ0n) is 18.5. The maximum Gasteiger partial charge on any atom is 0.275 e. The van der Waals surface area contributed by atoms with E-state index in [1.54, 1.807) is 12.1 Å². The summed E-state index contributed by atoms with van der Waals surface area (Å²) in [6, 6.07) is 16.9. The molecular weight excluding hydrogens is 402 g/mol.